The maximum Gasteiger partial charge on any atom is 0.174 e. The molecule has 3 rings (SSSR count). The second kappa shape index (κ2) is 11.1. The fourth-order valence-electron chi connectivity index (χ4n) is 2.64. The first kappa shape index (κ1) is 23.0. The van der Waals surface area contributed by atoms with Crippen molar-refractivity contribution in [1.82, 2.24) is 5.43 Å². The highest BCUT2D eigenvalue weighted by Crippen LogP contribution is 2.34. The number of hydrogen-bond donors (Lipinski definition) is 1. The predicted octanol–water partition coefficient (Wildman–Crippen LogP) is 6.96. The van der Waals surface area contributed by atoms with Crippen LogP contribution in [-0.4, -0.2) is 13.3 Å². The molecule has 0 atom stereocenters. The van der Waals surface area contributed by atoms with E-state index in [1.54, 1.807) is 25.5 Å². The van der Waals surface area contributed by atoms with Gasteiger partial charge in [0.05, 0.1) is 23.4 Å². The third-order valence-electron chi connectivity index (χ3n) is 4.17. The molecule has 8 heteroatoms. The third kappa shape index (κ3) is 6.17. The van der Waals surface area contributed by atoms with E-state index in [1.165, 1.54) is 0 Å². The molecular formula is C22H18Cl3IN2O2. The minimum atomic E-state index is 0.414. The van der Waals surface area contributed by atoms with E-state index in [0.717, 1.165) is 20.3 Å². The van der Waals surface area contributed by atoms with Crippen LogP contribution in [-0.2, 0) is 13.2 Å². The molecule has 0 radical (unpaired) electrons. The van der Waals surface area contributed by atoms with E-state index in [-0.39, 0.29) is 0 Å². The summed E-state index contributed by atoms with van der Waals surface area (Å²) in [5.74, 6) is 1.31. The van der Waals surface area contributed by atoms with Crippen LogP contribution in [0.2, 0.25) is 15.1 Å². The Morgan fingerprint density at radius 2 is 1.73 bits per heavy atom. The van der Waals surface area contributed by atoms with Gasteiger partial charge in [-0.1, -0.05) is 53.0 Å². The minimum Gasteiger partial charge on any atom is -0.493 e. The van der Waals surface area contributed by atoms with Crippen LogP contribution in [0.4, 0.5) is 0 Å². The van der Waals surface area contributed by atoms with E-state index in [9.17, 15) is 0 Å². The molecule has 0 aliphatic carbocycles. The number of nitrogens with one attached hydrogen (secondary N) is 1. The van der Waals surface area contributed by atoms with Crippen molar-refractivity contribution >= 4 is 63.6 Å². The maximum atomic E-state index is 6.17. The topological polar surface area (TPSA) is 42.8 Å². The molecule has 3 aromatic carbocycles. The van der Waals surface area contributed by atoms with Crippen molar-refractivity contribution in [3.63, 3.8) is 0 Å². The monoisotopic (exact) mass is 574 g/mol. The second-order valence-corrected chi connectivity index (χ2v) is 8.66. The summed E-state index contributed by atoms with van der Waals surface area (Å²) in [4.78, 5) is 0. The fraction of sp³-hybridized carbons (Fsp3) is 0.136. The van der Waals surface area contributed by atoms with Gasteiger partial charge in [0.1, 0.15) is 6.61 Å². The fourth-order valence-corrected chi connectivity index (χ4v) is 4.07. The van der Waals surface area contributed by atoms with Crippen LogP contribution in [0.5, 0.6) is 11.5 Å². The number of rotatable bonds is 8. The smallest absolute Gasteiger partial charge is 0.174 e. The van der Waals surface area contributed by atoms with E-state index >= 15 is 0 Å². The Hall–Kier alpha value is -1.67. The van der Waals surface area contributed by atoms with Crippen LogP contribution in [0.15, 0.2) is 59.7 Å². The molecular weight excluding hydrogens is 558 g/mol. The van der Waals surface area contributed by atoms with Crippen LogP contribution in [0.25, 0.3) is 0 Å². The number of hydrogen-bond acceptors (Lipinski definition) is 4. The Morgan fingerprint density at radius 3 is 2.40 bits per heavy atom. The van der Waals surface area contributed by atoms with Crippen molar-refractivity contribution < 1.29 is 9.47 Å². The lowest BCUT2D eigenvalue weighted by molar-refractivity contribution is 0.282. The van der Waals surface area contributed by atoms with Gasteiger partial charge in [-0.2, -0.15) is 5.10 Å². The zero-order valence-corrected chi connectivity index (χ0v) is 20.4. The van der Waals surface area contributed by atoms with Gasteiger partial charge in [-0.25, -0.2) is 0 Å². The molecule has 0 bridgehead atoms. The van der Waals surface area contributed by atoms with Gasteiger partial charge in [0.25, 0.3) is 0 Å². The van der Waals surface area contributed by atoms with Crippen molar-refractivity contribution in [1.29, 1.82) is 0 Å². The molecule has 0 saturated heterocycles. The summed E-state index contributed by atoms with van der Waals surface area (Å²) in [6.07, 6.45) is 1.71. The molecule has 0 spiro atoms. The molecule has 0 amide bonds. The zero-order valence-electron chi connectivity index (χ0n) is 16.0. The molecule has 0 fully saturated rings. The Labute approximate surface area is 204 Å². The van der Waals surface area contributed by atoms with Gasteiger partial charge >= 0.3 is 0 Å². The lowest BCUT2D eigenvalue weighted by Gasteiger charge is -2.13. The van der Waals surface area contributed by atoms with Crippen molar-refractivity contribution in [2.24, 2.45) is 5.10 Å². The normalized spacial score (nSPS) is 11.0. The molecule has 1 N–H and O–H groups in total. The highest BCUT2D eigenvalue weighted by atomic mass is 127. The van der Waals surface area contributed by atoms with E-state index in [4.69, 9.17) is 44.3 Å². The Morgan fingerprint density at radius 1 is 1.03 bits per heavy atom. The highest BCUT2D eigenvalue weighted by molar-refractivity contribution is 14.1. The predicted molar refractivity (Wildman–Crippen MR) is 132 cm³/mol. The second-order valence-electron chi connectivity index (χ2n) is 6.24. The van der Waals surface area contributed by atoms with Crippen molar-refractivity contribution in [2.75, 3.05) is 7.11 Å². The van der Waals surface area contributed by atoms with E-state index in [1.807, 2.05) is 42.5 Å². The van der Waals surface area contributed by atoms with Gasteiger partial charge in [0, 0.05) is 20.6 Å². The lowest BCUT2D eigenvalue weighted by Crippen LogP contribution is -2.07. The average Bonchev–Trinajstić information content (AvgIpc) is 2.73. The number of halogens is 4. The highest BCUT2D eigenvalue weighted by Gasteiger charge is 2.12. The van der Waals surface area contributed by atoms with Gasteiger partial charge in [-0.05, 0) is 70.1 Å². The van der Waals surface area contributed by atoms with Gasteiger partial charge in [0.15, 0.2) is 11.5 Å². The molecule has 0 unspecified atom stereocenters. The largest absolute Gasteiger partial charge is 0.493 e. The van der Waals surface area contributed by atoms with Crippen LogP contribution in [0.3, 0.4) is 0 Å². The third-order valence-corrected chi connectivity index (χ3v) is 5.93. The number of benzene rings is 3. The molecule has 4 nitrogen and oxygen atoms in total. The Balaban J connectivity index is 1.67. The lowest BCUT2D eigenvalue weighted by atomic mass is 10.2. The molecule has 0 heterocycles. The quantitative estimate of drug-likeness (QED) is 0.179. The summed E-state index contributed by atoms with van der Waals surface area (Å²) in [6.45, 7) is 0.836. The number of ether oxygens (including phenoxy) is 2. The summed E-state index contributed by atoms with van der Waals surface area (Å²) in [5.41, 5.74) is 5.66. The number of nitrogens with zero attached hydrogens (tertiary/aromatic N) is 1. The van der Waals surface area contributed by atoms with E-state index in [0.29, 0.717) is 39.7 Å². The van der Waals surface area contributed by atoms with Gasteiger partial charge in [0.2, 0.25) is 0 Å². The molecule has 0 saturated carbocycles. The first-order chi connectivity index (χ1) is 14.5. The first-order valence-corrected chi connectivity index (χ1v) is 11.1. The standard InChI is InChI=1S/C22H18Cl3IN2O2/c1-29-21-10-15(11-27-28-12-17-18(24)3-2-4-19(17)25)9-20(26)22(21)30-13-14-5-7-16(23)8-6-14/h2-11,28H,12-13H2,1H3/b27-11+. The first-order valence-electron chi connectivity index (χ1n) is 8.91. The summed E-state index contributed by atoms with van der Waals surface area (Å²) < 4.78 is 12.4. The van der Waals surface area contributed by atoms with Crippen molar-refractivity contribution in [3.05, 3.63) is 89.9 Å². The molecule has 30 heavy (non-hydrogen) atoms. The molecule has 3 aromatic rings. The SMILES string of the molecule is COc1cc(/C=N/NCc2c(Cl)cccc2Cl)cc(I)c1OCc1ccc(Cl)cc1. The van der Waals surface area contributed by atoms with Gasteiger partial charge in [-0.15, -0.1) is 0 Å². The van der Waals surface area contributed by atoms with Gasteiger partial charge in [-0.3, -0.25) is 0 Å². The molecule has 0 aliphatic rings. The van der Waals surface area contributed by atoms with Gasteiger partial charge < -0.3 is 14.9 Å². The minimum absolute atomic E-state index is 0.414. The van der Waals surface area contributed by atoms with Crippen LogP contribution < -0.4 is 14.9 Å². The van der Waals surface area contributed by atoms with E-state index < -0.39 is 0 Å². The van der Waals surface area contributed by atoms with E-state index in [2.05, 4.69) is 33.1 Å². The van der Waals surface area contributed by atoms with Crippen LogP contribution in [0, 0.1) is 3.57 Å². The summed E-state index contributed by atoms with van der Waals surface area (Å²) >= 11 is 20.5. The van der Waals surface area contributed by atoms with Crippen LogP contribution >= 0.6 is 57.4 Å². The Bertz CT molecular complexity index is 1020. The van der Waals surface area contributed by atoms with Crippen LogP contribution in [0.1, 0.15) is 16.7 Å². The molecule has 156 valence electrons. The number of hydrazone groups is 1. The summed E-state index contributed by atoms with van der Waals surface area (Å²) in [7, 11) is 1.61. The maximum absolute atomic E-state index is 6.17. The molecule has 0 aromatic heterocycles. The van der Waals surface area contributed by atoms with Crippen molar-refractivity contribution in [3.8, 4) is 11.5 Å². The summed E-state index contributed by atoms with van der Waals surface area (Å²) in [5, 5.41) is 6.16. The van der Waals surface area contributed by atoms with Crippen molar-refractivity contribution in [2.45, 2.75) is 13.2 Å². The molecule has 0 aliphatic heterocycles. The zero-order chi connectivity index (χ0) is 21.5. The summed E-state index contributed by atoms with van der Waals surface area (Å²) in [6, 6.07) is 16.8. The average molecular weight is 576 g/mol. The number of methoxy groups -OCH3 is 1. The Kier molecular flexibility index (Phi) is 8.50.